The summed E-state index contributed by atoms with van der Waals surface area (Å²) in [6.07, 6.45) is 4.87. The molecule has 0 radical (unpaired) electrons. The zero-order valence-corrected chi connectivity index (χ0v) is 17.6. The third-order valence-corrected chi connectivity index (χ3v) is 6.07. The van der Waals surface area contributed by atoms with E-state index in [0.29, 0.717) is 29.7 Å². The molecular formula is C27H23N3O2. The Labute approximate surface area is 186 Å². The molecule has 3 aromatic carbocycles. The third kappa shape index (κ3) is 4.02. The minimum atomic E-state index is -0.185. The third-order valence-electron chi connectivity index (χ3n) is 6.07. The monoisotopic (exact) mass is 421 g/mol. The first-order valence-corrected chi connectivity index (χ1v) is 10.9. The fraction of sp³-hybridized carbons (Fsp3) is 0.185. The van der Waals surface area contributed by atoms with Gasteiger partial charge in [0.2, 0.25) is 0 Å². The molecule has 32 heavy (non-hydrogen) atoms. The van der Waals surface area contributed by atoms with Crippen LogP contribution in [0, 0.1) is 5.92 Å². The second-order valence-electron chi connectivity index (χ2n) is 8.16. The lowest BCUT2D eigenvalue weighted by molar-refractivity contribution is 0.0637. The first kappa shape index (κ1) is 20.1. The van der Waals surface area contributed by atoms with Crippen LogP contribution in [0.4, 0.5) is 0 Å². The molecule has 1 fully saturated rings. The first-order valence-electron chi connectivity index (χ1n) is 10.9. The van der Waals surface area contributed by atoms with E-state index in [1.54, 1.807) is 29.4 Å². The molecule has 0 N–H and O–H groups in total. The molecule has 1 aromatic heterocycles. The number of amides is 1. The average molecular weight is 422 g/mol. The highest BCUT2D eigenvalue weighted by molar-refractivity contribution is 6.00. The van der Waals surface area contributed by atoms with E-state index >= 15 is 0 Å². The lowest BCUT2D eigenvalue weighted by Gasteiger charge is -2.32. The lowest BCUT2D eigenvalue weighted by Crippen LogP contribution is -2.42. The van der Waals surface area contributed by atoms with Gasteiger partial charge in [-0.25, -0.2) is 0 Å². The summed E-state index contributed by atoms with van der Waals surface area (Å²) in [6.45, 7) is 1.10. The number of fused-ring (bicyclic) bond motifs is 1. The van der Waals surface area contributed by atoms with E-state index in [9.17, 15) is 9.59 Å². The highest BCUT2D eigenvalue weighted by Crippen LogP contribution is 2.25. The van der Waals surface area contributed by atoms with Gasteiger partial charge in [0.25, 0.3) is 5.91 Å². The minimum Gasteiger partial charge on any atom is -0.338 e. The van der Waals surface area contributed by atoms with Crippen LogP contribution in [0.1, 0.15) is 33.6 Å². The van der Waals surface area contributed by atoms with Crippen molar-refractivity contribution in [1.29, 1.82) is 0 Å². The van der Waals surface area contributed by atoms with Crippen LogP contribution in [0.5, 0.6) is 0 Å². The second-order valence-corrected chi connectivity index (χ2v) is 8.16. The van der Waals surface area contributed by atoms with Gasteiger partial charge >= 0.3 is 0 Å². The van der Waals surface area contributed by atoms with Crippen molar-refractivity contribution in [3.05, 3.63) is 96.3 Å². The van der Waals surface area contributed by atoms with Gasteiger partial charge in [0.05, 0.1) is 11.0 Å². The number of likely N-dealkylation sites (tertiary alicyclic amines) is 1. The van der Waals surface area contributed by atoms with Gasteiger partial charge in [-0.05, 0) is 42.2 Å². The van der Waals surface area contributed by atoms with Gasteiger partial charge in [-0.2, -0.15) is 0 Å². The van der Waals surface area contributed by atoms with Crippen LogP contribution in [0.2, 0.25) is 0 Å². The highest BCUT2D eigenvalue weighted by atomic mass is 16.2. The van der Waals surface area contributed by atoms with Crippen LogP contribution in [0.25, 0.3) is 22.2 Å². The fourth-order valence-electron chi connectivity index (χ4n) is 4.35. The number of piperidine rings is 1. The predicted molar refractivity (Wildman–Crippen MR) is 124 cm³/mol. The van der Waals surface area contributed by atoms with E-state index in [1.165, 1.54) is 0 Å². The number of carbonyl (C=O) groups excluding carboxylic acids is 2. The van der Waals surface area contributed by atoms with E-state index in [4.69, 9.17) is 0 Å². The maximum Gasteiger partial charge on any atom is 0.253 e. The highest BCUT2D eigenvalue weighted by Gasteiger charge is 2.29. The molecule has 0 aliphatic carbocycles. The summed E-state index contributed by atoms with van der Waals surface area (Å²) in [5, 5.41) is 0. The van der Waals surface area contributed by atoms with E-state index < -0.39 is 0 Å². The summed E-state index contributed by atoms with van der Waals surface area (Å²) in [5.74, 6) is -0.142. The number of hydrogen-bond donors (Lipinski definition) is 0. The second kappa shape index (κ2) is 8.71. The Kier molecular flexibility index (Phi) is 5.46. The van der Waals surface area contributed by atoms with Crippen LogP contribution >= 0.6 is 0 Å². The molecule has 1 aliphatic heterocycles. The quantitative estimate of drug-likeness (QED) is 0.434. The summed E-state index contributed by atoms with van der Waals surface area (Å²) in [6, 6.07) is 23.3. The van der Waals surface area contributed by atoms with E-state index in [-0.39, 0.29) is 17.6 Å². The number of benzene rings is 3. The fourth-order valence-corrected chi connectivity index (χ4v) is 4.35. The number of Topliss-reactive ketones (excluding diaryl/α,β-unsaturated/α-hetero) is 1. The first-order chi connectivity index (χ1) is 15.7. The van der Waals surface area contributed by atoms with Gasteiger partial charge in [0, 0.05) is 42.5 Å². The standard InChI is InChI=1S/C27H23N3O2/c31-26(21-10-8-20(9-11-21)19-5-2-1-3-6-19)23-7-4-16-30(18-23)27(32)22-12-13-24-25(17-22)29-15-14-28-24/h1-3,5-6,8-15,17,23H,4,7,16,18H2/t23-/m1/s1. The van der Waals surface area contributed by atoms with Gasteiger partial charge in [-0.15, -0.1) is 0 Å². The zero-order chi connectivity index (χ0) is 21.9. The molecular weight excluding hydrogens is 398 g/mol. The predicted octanol–water partition coefficient (Wildman–Crippen LogP) is 5.03. The van der Waals surface area contributed by atoms with Gasteiger partial charge in [0.1, 0.15) is 0 Å². The molecule has 0 spiro atoms. The molecule has 158 valence electrons. The Morgan fingerprint density at radius 3 is 2.25 bits per heavy atom. The van der Waals surface area contributed by atoms with Crippen LogP contribution in [0.3, 0.4) is 0 Å². The maximum atomic E-state index is 13.2. The molecule has 0 unspecified atom stereocenters. The molecule has 5 nitrogen and oxygen atoms in total. The molecule has 1 amide bonds. The average Bonchev–Trinajstić information content (AvgIpc) is 2.88. The van der Waals surface area contributed by atoms with Crippen LogP contribution in [-0.2, 0) is 0 Å². The topological polar surface area (TPSA) is 63.2 Å². The summed E-state index contributed by atoms with van der Waals surface area (Å²) in [4.78, 5) is 36.6. The zero-order valence-electron chi connectivity index (χ0n) is 17.6. The van der Waals surface area contributed by atoms with Gasteiger partial charge in [-0.1, -0.05) is 54.6 Å². The van der Waals surface area contributed by atoms with Crippen LogP contribution in [0.15, 0.2) is 85.2 Å². The molecule has 1 saturated heterocycles. The maximum absolute atomic E-state index is 13.2. The van der Waals surface area contributed by atoms with Crippen LogP contribution in [-0.4, -0.2) is 39.6 Å². The molecule has 5 rings (SSSR count). The molecule has 5 heteroatoms. The molecule has 0 saturated carbocycles. The molecule has 4 aromatic rings. The largest absolute Gasteiger partial charge is 0.338 e. The van der Waals surface area contributed by atoms with Crippen molar-refractivity contribution in [3.8, 4) is 11.1 Å². The van der Waals surface area contributed by atoms with E-state index in [0.717, 1.165) is 29.5 Å². The van der Waals surface area contributed by atoms with Crippen molar-refractivity contribution in [2.24, 2.45) is 5.92 Å². The Bertz CT molecular complexity index is 1270. The normalized spacial score (nSPS) is 16.1. The summed E-state index contributed by atoms with van der Waals surface area (Å²) in [7, 11) is 0. The van der Waals surface area contributed by atoms with Crippen molar-refractivity contribution >= 4 is 22.7 Å². The SMILES string of the molecule is O=C(c1ccc(-c2ccccc2)cc1)[C@@H]1CCCN(C(=O)c2ccc3nccnc3c2)C1. The van der Waals surface area contributed by atoms with Crippen molar-refractivity contribution in [3.63, 3.8) is 0 Å². The Morgan fingerprint density at radius 2 is 1.47 bits per heavy atom. The molecule has 0 bridgehead atoms. The van der Waals surface area contributed by atoms with E-state index in [1.807, 2.05) is 48.5 Å². The molecule has 1 aliphatic rings. The van der Waals surface area contributed by atoms with Gasteiger partial charge in [0.15, 0.2) is 5.78 Å². The number of aromatic nitrogens is 2. The Balaban J connectivity index is 1.30. The van der Waals surface area contributed by atoms with Gasteiger partial charge < -0.3 is 4.90 Å². The van der Waals surface area contributed by atoms with E-state index in [2.05, 4.69) is 22.1 Å². The van der Waals surface area contributed by atoms with Crippen LogP contribution < -0.4 is 0 Å². The number of hydrogen-bond acceptors (Lipinski definition) is 4. The smallest absolute Gasteiger partial charge is 0.253 e. The number of nitrogens with zero attached hydrogens (tertiary/aromatic N) is 3. The summed E-state index contributed by atoms with van der Waals surface area (Å²) in [5.41, 5.74) is 4.95. The Hall–Kier alpha value is -3.86. The lowest BCUT2D eigenvalue weighted by atomic mass is 9.89. The number of ketones is 1. The summed E-state index contributed by atoms with van der Waals surface area (Å²) >= 11 is 0. The van der Waals surface area contributed by atoms with Crippen molar-refractivity contribution in [1.82, 2.24) is 14.9 Å². The number of rotatable bonds is 4. The van der Waals surface area contributed by atoms with Gasteiger partial charge in [-0.3, -0.25) is 19.6 Å². The van der Waals surface area contributed by atoms with Crippen molar-refractivity contribution in [2.45, 2.75) is 12.8 Å². The summed E-state index contributed by atoms with van der Waals surface area (Å²) < 4.78 is 0. The molecule has 1 atom stereocenters. The Morgan fingerprint density at radius 1 is 0.781 bits per heavy atom. The minimum absolute atomic E-state index is 0.0607. The molecule has 2 heterocycles. The van der Waals surface area contributed by atoms with Crippen molar-refractivity contribution < 1.29 is 9.59 Å². The van der Waals surface area contributed by atoms with Crippen molar-refractivity contribution in [2.75, 3.05) is 13.1 Å². The number of carbonyl (C=O) groups is 2.